The first-order chi connectivity index (χ1) is 11.0. The van der Waals surface area contributed by atoms with Crippen molar-refractivity contribution in [3.63, 3.8) is 0 Å². The summed E-state index contributed by atoms with van der Waals surface area (Å²) in [5.41, 5.74) is 2.39. The summed E-state index contributed by atoms with van der Waals surface area (Å²) in [6, 6.07) is 7.50. The predicted molar refractivity (Wildman–Crippen MR) is 90.5 cm³/mol. The van der Waals surface area contributed by atoms with Crippen LogP contribution in [0.2, 0.25) is 0 Å². The van der Waals surface area contributed by atoms with Crippen molar-refractivity contribution in [3.8, 4) is 5.75 Å². The molecule has 5 nitrogen and oxygen atoms in total. The number of amides is 1. The van der Waals surface area contributed by atoms with Gasteiger partial charge in [-0.2, -0.15) is 5.10 Å². The zero-order chi connectivity index (χ0) is 16.8. The third-order valence-electron chi connectivity index (χ3n) is 3.24. The molecule has 0 aliphatic carbocycles. The Kier molecular flexibility index (Phi) is 5.57. The van der Waals surface area contributed by atoms with Crippen molar-refractivity contribution in [2.45, 2.75) is 33.4 Å². The van der Waals surface area contributed by atoms with Gasteiger partial charge in [-0.05, 0) is 38.5 Å². The van der Waals surface area contributed by atoms with E-state index in [0.29, 0.717) is 30.5 Å². The number of aromatic nitrogens is 2. The Morgan fingerprint density at radius 1 is 1.39 bits per heavy atom. The molecule has 0 bridgehead atoms. The normalized spacial score (nSPS) is 10.6. The van der Waals surface area contributed by atoms with Crippen LogP contribution in [0.1, 0.15) is 42.7 Å². The monoisotopic (exact) mass is 313 g/mol. The second-order valence-electron chi connectivity index (χ2n) is 5.85. The van der Waals surface area contributed by atoms with Gasteiger partial charge in [-0.25, -0.2) is 0 Å². The van der Waals surface area contributed by atoms with Crippen LogP contribution in [0.3, 0.4) is 0 Å². The van der Waals surface area contributed by atoms with E-state index in [-0.39, 0.29) is 5.91 Å². The van der Waals surface area contributed by atoms with Gasteiger partial charge in [0.1, 0.15) is 12.4 Å². The molecule has 0 saturated heterocycles. The predicted octanol–water partition coefficient (Wildman–Crippen LogP) is 3.35. The number of nitrogens with one attached hydrogen (secondary N) is 1. The molecule has 1 N–H and O–H groups in total. The second kappa shape index (κ2) is 7.63. The standard InChI is InChI=1S/C18H23N3O2/c1-13(2)12-23-17-8-6-5-7-16(17)18(22)19-9-15-10-20-21(11-15)14(3)4/h5-8,10-11,14H,1,9,12H2,2-4H3,(H,19,22). The molecule has 5 heteroatoms. The van der Waals surface area contributed by atoms with E-state index in [1.54, 1.807) is 18.3 Å². The fourth-order valence-electron chi connectivity index (χ4n) is 2.01. The minimum Gasteiger partial charge on any atom is -0.488 e. The Morgan fingerprint density at radius 2 is 2.13 bits per heavy atom. The maximum atomic E-state index is 12.4. The number of ether oxygens (including phenoxy) is 1. The van der Waals surface area contributed by atoms with Crippen LogP contribution in [0.15, 0.2) is 48.8 Å². The van der Waals surface area contributed by atoms with Crippen LogP contribution in [0.4, 0.5) is 0 Å². The number of nitrogens with zero attached hydrogens (tertiary/aromatic N) is 2. The summed E-state index contributed by atoms with van der Waals surface area (Å²) in [5.74, 6) is 0.394. The van der Waals surface area contributed by atoms with Gasteiger partial charge in [-0.1, -0.05) is 18.7 Å². The summed E-state index contributed by atoms with van der Waals surface area (Å²) in [6.45, 7) is 10.6. The quantitative estimate of drug-likeness (QED) is 0.798. The summed E-state index contributed by atoms with van der Waals surface area (Å²) >= 11 is 0. The van der Waals surface area contributed by atoms with Crippen molar-refractivity contribution in [1.29, 1.82) is 0 Å². The van der Waals surface area contributed by atoms with E-state index in [2.05, 4.69) is 30.8 Å². The number of carbonyl (C=O) groups excluding carboxylic acids is 1. The molecule has 1 amide bonds. The molecule has 0 aliphatic rings. The van der Waals surface area contributed by atoms with E-state index in [1.807, 2.05) is 29.9 Å². The lowest BCUT2D eigenvalue weighted by Crippen LogP contribution is -2.23. The smallest absolute Gasteiger partial charge is 0.255 e. The largest absolute Gasteiger partial charge is 0.488 e. The summed E-state index contributed by atoms with van der Waals surface area (Å²) in [7, 11) is 0. The van der Waals surface area contributed by atoms with Crippen molar-refractivity contribution in [2.75, 3.05) is 6.61 Å². The van der Waals surface area contributed by atoms with E-state index in [0.717, 1.165) is 11.1 Å². The molecule has 1 aromatic heterocycles. The van der Waals surface area contributed by atoms with E-state index in [9.17, 15) is 4.79 Å². The molecule has 0 fully saturated rings. The average molecular weight is 313 g/mol. The highest BCUT2D eigenvalue weighted by atomic mass is 16.5. The highest BCUT2D eigenvalue weighted by molar-refractivity contribution is 5.96. The summed E-state index contributed by atoms with van der Waals surface area (Å²) < 4.78 is 7.50. The number of benzene rings is 1. The van der Waals surface area contributed by atoms with Crippen molar-refractivity contribution < 1.29 is 9.53 Å². The van der Waals surface area contributed by atoms with Gasteiger partial charge in [-0.3, -0.25) is 9.48 Å². The fraction of sp³-hybridized carbons (Fsp3) is 0.333. The first kappa shape index (κ1) is 16.8. The Labute approximate surface area is 137 Å². The summed E-state index contributed by atoms with van der Waals surface area (Å²) in [4.78, 5) is 12.4. The summed E-state index contributed by atoms with van der Waals surface area (Å²) in [6.07, 6.45) is 3.71. The molecule has 0 saturated carbocycles. The minimum atomic E-state index is -0.167. The molecule has 1 aromatic carbocycles. The van der Waals surface area contributed by atoms with Crippen LogP contribution >= 0.6 is 0 Å². The molecule has 2 aromatic rings. The van der Waals surface area contributed by atoms with Gasteiger partial charge < -0.3 is 10.1 Å². The lowest BCUT2D eigenvalue weighted by molar-refractivity contribution is 0.0947. The highest BCUT2D eigenvalue weighted by Crippen LogP contribution is 2.18. The molecule has 0 unspecified atom stereocenters. The van der Waals surface area contributed by atoms with Gasteiger partial charge in [0.15, 0.2) is 0 Å². The SMILES string of the molecule is C=C(C)COc1ccccc1C(=O)NCc1cnn(C(C)C)c1. The van der Waals surface area contributed by atoms with Crippen molar-refractivity contribution in [1.82, 2.24) is 15.1 Å². The van der Waals surface area contributed by atoms with Gasteiger partial charge in [0.2, 0.25) is 0 Å². The average Bonchev–Trinajstić information content (AvgIpc) is 3.00. The van der Waals surface area contributed by atoms with Crippen LogP contribution in [0, 0.1) is 0 Å². The van der Waals surface area contributed by atoms with Crippen LogP contribution < -0.4 is 10.1 Å². The second-order valence-corrected chi connectivity index (χ2v) is 5.85. The third kappa shape index (κ3) is 4.71. The lowest BCUT2D eigenvalue weighted by Gasteiger charge is -2.11. The van der Waals surface area contributed by atoms with Crippen LogP contribution in [-0.2, 0) is 6.54 Å². The number of hydrogen-bond donors (Lipinski definition) is 1. The molecular formula is C18H23N3O2. The topological polar surface area (TPSA) is 56.1 Å². The number of rotatable bonds is 7. The first-order valence-corrected chi connectivity index (χ1v) is 7.65. The van der Waals surface area contributed by atoms with E-state index < -0.39 is 0 Å². The number of carbonyl (C=O) groups is 1. The Balaban J connectivity index is 2.01. The molecule has 0 aliphatic heterocycles. The fourth-order valence-corrected chi connectivity index (χ4v) is 2.01. The maximum absolute atomic E-state index is 12.4. The van der Waals surface area contributed by atoms with E-state index in [4.69, 9.17) is 4.74 Å². The number of hydrogen-bond acceptors (Lipinski definition) is 3. The zero-order valence-corrected chi connectivity index (χ0v) is 13.9. The van der Waals surface area contributed by atoms with Gasteiger partial charge in [0.05, 0.1) is 11.8 Å². The lowest BCUT2D eigenvalue weighted by atomic mass is 10.2. The van der Waals surface area contributed by atoms with Crippen molar-refractivity contribution in [3.05, 3.63) is 59.9 Å². The third-order valence-corrected chi connectivity index (χ3v) is 3.24. The van der Waals surface area contributed by atoms with E-state index >= 15 is 0 Å². The first-order valence-electron chi connectivity index (χ1n) is 7.65. The maximum Gasteiger partial charge on any atom is 0.255 e. The number of para-hydroxylation sites is 1. The zero-order valence-electron chi connectivity index (χ0n) is 13.9. The minimum absolute atomic E-state index is 0.167. The van der Waals surface area contributed by atoms with Crippen LogP contribution in [0.25, 0.3) is 0 Å². The molecular weight excluding hydrogens is 290 g/mol. The molecule has 0 atom stereocenters. The van der Waals surface area contributed by atoms with E-state index in [1.165, 1.54) is 0 Å². The molecule has 0 radical (unpaired) electrons. The molecule has 23 heavy (non-hydrogen) atoms. The molecule has 122 valence electrons. The Morgan fingerprint density at radius 3 is 2.78 bits per heavy atom. The van der Waals surface area contributed by atoms with Gasteiger partial charge in [-0.15, -0.1) is 0 Å². The Bertz CT molecular complexity index is 689. The van der Waals surface area contributed by atoms with Gasteiger partial charge in [0, 0.05) is 24.3 Å². The van der Waals surface area contributed by atoms with Crippen LogP contribution in [-0.4, -0.2) is 22.3 Å². The van der Waals surface area contributed by atoms with Crippen LogP contribution in [0.5, 0.6) is 5.75 Å². The molecule has 0 spiro atoms. The molecule has 2 rings (SSSR count). The summed E-state index contributed by atoms with van der Waals surface area (Å²) in [5, 5.41) is 7.16. The highest BCUT2D eigenvalue weighted by Gasteiger charge is 2.12. The molecule has 1 heterocycles. The van der Waals surface area contributed by atoms with Crippen molar-refractivity contribution in [2.24, 2.45) is 0 Å². The van der Waals surface area contributed by atoms with Gasteiger partial charge in [0.25, 0.3) is 5.91 Å². The van der Waals surface area contributed by atoms with Gasteiger partial charge >= 0.3 is 0 Å². The van der Waals surface area contributed by atoms with Crippen molar-refractivity contribution >= 4 is 5.91 Å². The Hall–Kier alpha value is -2.56.